The Labute approximate surface area is 194 Å². The fourth-order valence-electron chi connectivity index (χ4n) is 4.07. The Morgan fingerprint density at radius 1 is 1.00 bits per heavy atom. The van der Waals surface area contributed by atoms with Gasteiger partial charge in [0.1, 0.15) is 12.6 Å². The highest BCUT2D eigenvalue weighted by molar-refractivity contribution is 5.87. The summed E-state index contributed by atoms with van der Waals surface area (Å²) in [6, 6.07) is 15.2. The Hall–Kier alpha value is -3.35. The number of aliphatic carboxylic acids is 1. The molecule has 0 aromatic heterocycles. The van der Waals surface area contributed by atoms with Crippen LogP contribution in [0.3, 0.4) is 0 Å². The molecule has 2 aromatic rings. The number of amides is 2. The standard InChI is InChI=1S/C26H32N2O5/c1-16(2)13-22(23(29)30)28-24(31)26(3,4)15-27-25(32)33-14-21-19-11-7-5-9-17(19)18-10-6-8-12-20(18)21/h5-12,16,21-22H,13-15H2,1-4H3,(H,27,32)(H,28,31)(H,29,30)/t22-/m0/s1. The summed E-state index contributed by atoms with van der Waals surface area (Å²) in [6.07, 6.45) is -0.286. The molecule has 0 saturated heterocycles. The van der Waals surface area contributed by atoms with Crippen LogP contribution >= 0.6 is 0 Å². The Kier molecular flexibility index (Phi) is 7.41. The van der Waals surface area contributed by atoms with Crippen molar-refractivity contribution in [2.75, 3.05) is 13.2 Å². The van der Waals surface area contributed by atoms with Gasteiger partial charge in [-0.2, -0.15) is 0 Å². The SMILES string of the molecule is CC(C)C[C@H](NC(=O)C(C)(C)CNC(=O)OCC1c2ccccc2-c2ccccc21)C(=O)O. The van der Waals surface area contributed by atoms with Crippen LogP contribution in [0.25, 0.3) is 11.1 Å². The lowest BCUT2D eigenvalue weighted by atomic mass is 9.91. The Bertz CT molecular complexity index is 985. The van der Waals surface area contributed by atoms with Crippen LogP contribution in [-0.4, -0.2) is 42.3 Å². The average molecular weight is 453 g/mol. The van der Waals surface area contributed by atoms with Crippen molar-refractivity contribution in [3.05, 3.63) is 59.7 Å². The normalized spacial score (nSPS) is 13.7. The van der Waals surface area contributed by atoms with Crippen molar-refractivity contribution in [2.24, 2.45) is 11.3 Å². The van der Waals surface area contributed by atoms with Crippen LogP contribution in [-0.2, 0) is 14.3 Å². The molecule has 1 aliphatic rings. The number of hydrogen-bond acceptors (Lipinski definition) is 4. The van der Waals surface area contributed by atoms with Crippen LogP contribution in [0.1, 0.15) is 51.2 Å². The van der Waals surface area contributed by atoms with Gasteiger partial charge in [-0.05, 0) is 48.4 Å². The van der Waals surface area contributed by atoms with Crippen LogP contribution in [0.4, 0.5) is 4.79 Å². The molecule has 3 rings (SSSR count). The minimum absolute atomic E-state index is 0.0174. The molecule has 0 radical (unpaired) electrons. The molecule has 1 aliphatic carbocycles. The number of hydrogen-bond donors (Lipinski definition) is 3. The second-order valence-corrected chi connectivity index (χ2v) is 9.56. The van der Waals surface area contributed by atoms with E-state index in [1.807, 2.05) is 50.2 Å². The van der Waals surface area contributed by atoms with Crippen molar-refractivity contribution in [3.63, 3.8) is 0 Å². The Morgan fingerprint density at radius 2 is 1.55 bits per heavy atom. The van der Waals surface area contributed by atoms with Gasteiger partial charge >= 0.3 is 12.1 Å². The smallest absolute Gasteiger partial charge is 0.407 e. The zero-order valence-electron chi connectivity index (χ0n) is 19.6. The molecule has 0 unspecified atom stereocenters. The van der Waals surface area contributed by atoms with Crippen molar-refractivity contribution < 1.29 is 24.2 Å². The van der Waals surface area contributed by atoms with E-state index < -0.39 is 29.4 Å². The second kappa shape index (κ2) is 10.1. The summed E-state index contributed by atoms with van der Waals surface area (Å²) in [5, 5.41) is 14.6. The topological polar surface area (TPSA) is 105 Å². The number of carboxylic acid groups (broad SMARTS) is 1. The van der Waals surface area contributed by atoms with Gasteiger partial charge in [-0.1, -0.05) is 62.4 Å². The highest BCUT2D eigenvalue weighted by Crippen LogP contribution is 2.44. The number of carbonyl (C=O) groups is 3. The van der Waals surface area contributed by atoms with E-state index in [9.17, 15) is 19.5 Å². The summed E-state index contributed by atoms with van der Waals surface area (Å²) in [6.45, 7) is 7.30. The first-order chi connectivity index (χ1) is 15.6. The van der Waals surface area contributed by atoms with Crippen LogP contribution < -0.4 is 10.6 Å². The van der Waals surface area contributed by atoms with E-state index in [2.05, 4.69) is 22.8 Å². The largest absolute Gasteiger partial charge is 0.480 e. The van der Waals surface area contributed by atoms with Crippen LogP contribution in [0.2, 0.25) is 0 Å². The molecule has 176 valence electrons. The number of carboxylic acids is 1. The van der Waals surface area contributed by atoms with E-state index in [0.717, 1.165) is 22.3 Å². The van der Waals surface area contributed by atoms with Crippen molar-refractivity contribution >= 4 is 18.0 Å². The number of nitrogens with one attached hydrogen (secondary N) is 2. The first-order valence-electron chi connectivity index (χ1n) is 11.2. The highest BCUT2D eigenvalue weighted by atomic mass is 16.5. The fourth-order valence-corrected chi connectivity index (χ4v) is 4.07. The number of ether oxygens (including phenoxy) is 1. The van der Waals surface area contributed by atoms with Gasteiger partial charge in [0.15, 0.2) is 0 Å². The lowest BCUT2D eigenvalue weighted by Gasteiger charge is -2.26. The van der Waals surface area contributed by atoms with Crippen LogP contribution in [0.15, 0.2) is 48.5 Å². The molecular formula is C26H32N2O5. The third kappa shape index (κ3) is 5.72. The van der Waals surface area contributed by atoms with Gasteiger partial charge < -0.3 is 20.5 Å². The van der Waals surface area contributed by atoms with Gasteiger partial charge in [0.25, 0.3) is 0 Å². The van der Waals surface area contributed by atoms with Gasteiger partial charge in [-0.3, -0.25) is 4.79 Å². The molecule has 7 heteroatoms. The zero-order chi connectivity index (χ0) is 24.2. The summed E-state index contributed by atoms with van der Waals surface area (Å²) in [5.41, 5.74) is 3.53. The number of benzene rings is 2. The van der Waals surface area contributed by atoms with E-state index >= 15 is 0 Å². The molecule has 1 atom stereocenters. The molecule has 0 bridgehead atoms. The number of fused-ring (bicyclic) bond motifs is 3. The average Bonchev–Trinajstić information content (AvgIpc) is 3.09. The van der Waals surface area contributed by atoms with Crippen LogP contribution in [0, 0.1) is 11.3 Å². The minimum atomic E-state index is -1.07. The predicted octanol–water partition coefficient (Wildman–Crippen LogP) is 4.17. The molecule has 2 aromatic carbocycles. The first-order valence-corrected chi connectivity index (χ1v) is 11.2. The quantitative estimate of drug-likeness (QED) is 0.530. The summed E-state index contributed by atoms with van der Waals surface area (Å²) in [4.78, 5) is 36.5. The monoisotopic (exact) mass is 452 g/mol. The van der Waals surface area contributed by atoms with Crippen molar-refractivity contribution in [3.8, 4) is 11.1 Å². The van der Waals surface area contributed by atoms with Gasteiger partial charge in [-0.15, -0.1) is 0 Å². The fraction of sp³-hybridized carbons (Fsp3) is 0.423. The molecule has 2 amide bonds. The molecule has 33 heavy (non-hydrogen) atoms. The highest BCUT2D eigenvalue weighted by Gasteiger charge is 2.33. The summed E-state index contributed by atoms with van der Waals surface area (Å²) in [7, 11) is 0. The van der Waals surface area contributed by atoms with Crippen molar-refractivity contribution in [2.45, 2.75) is 46.1 Å². The van der Waals surface area contributed by atoms with Crippen LogP contribution in [0.5, 0.6) is 0 Å². The predicted molar refractivity (Wildman–Crippen MR) is 126 cm³/mol. The third-order valence-corrected chi connectivity index (χ3v) is 5.94. The maximum Gasteiger partial charge on any atom is 0.407 e. The molecule has 0 aliphatic heterocycles. The van der Waals surface area contributed by atoms with E-state index in [1.54, 1.807) is 13.8 Å². The van der Waals surface area contributed by atoms with Gasteiger partial charge in [-0.25, -0.2) is 9.59 Å². The summed E-state index contributed by atoms with van der Waals surface area (Å²) in [5.74, 6) is -1.44. The van der Waals surface area contributed by atoms with E-state index in [0.29, 0.717) is 6.42 Å². The van der Waals surface area contributed by atoms with Crippen molar-refractivity contribution in [1.82, 2.24) is 10.6 Å². The molecule has 0 fully saturated rings. The van der Waals surface area contributed by atoms with E-state index in [-0.39, 0.29) is 25.0 Å². The van der Waals surface area contributed by atoms with E-state index in [1.165, 1.54) is 0 Å². The first kappa shape index (κ1) is 24.3. The molecule has 0 heterocycles. The Balaban J connectivity index is 1.56. The zero-order valence-corrected chi connectivity index (χ0v) is 19.6. The minimum Gasteiger partial charge on any atom is -0.480 e. The molecule has 0 saturated carbocycles. The molecular weight excluding hydrogens is 420 g/mol. The number of rotatable bonds is 9. The summed E-state index contributed by atoms with van der Waals surface area (Å²) < 4.78 is 5.51. The Morgan fingerprint density at radius 3 is 2.06 bits per heavy atom. The van der Waals surface area contributed by atoms with Crippen molar-refractivity contribution in [1.29, 1.82) is 0 Å². The second-order valence-electron chi connectivity index (χ2n) is 9.56. The molecule has 3 N–H and O–H groups in total. The lowest BCUT2D eigenvalue weighted by molar-refractivity contribution is -0.143. The number of alkyl carbamates (subject to hydrolysis) is 1. The lowest BCUT2D eigenvalue weighted by Crippen LogP contribution is -2.50. The van der Waals surface area contributed by atoms with Gasteiger partial charge in [0.2, 0.25) is 5.91 Å². The number of carbonyl (C=O) groups excluding carboxylic acids is 2. The maximum absolute atomic E-state index is 12.6. The summed E-state index contributed by atoms with van der Waals surface area (Å²) >= 11 is 0. The molecule has 7 nitrogen and oxygen atoms in total. The van der Waals surface area contributed by atoms with E-state index in [4.69, 9.17) is 4.74 Å². The third-order valence-electron chi connectivity index (χ3n) is 5.94. The maximum atomic E-state index is 12.6. The van der Waals surface area contributed by atoms with Gasteiger partial charge in [0, 0.05) is 12.5 Å². The molecule has 0 spiro atoms. The van der Waals surface area contributed by atoms with Gasteiger partial charge in [0.05, 0.1) is 5.41 Å².